The van der Waals surface area contributed by atoms with Crippen LogP contribution >= 0.6 is 11.6 Å². The smallest absolute Gasteiger partial charge is 0.254 e. The summed E-state index contributed by atoms with van der Waals surface area (Å²) in [4.78, 5) is 20.4. The average Bonchev–Trinajstić information content (AvgIpc) is 3.51. The maximum atomic E-state index is 13.6. The van der Waals surface area contributed by atoms with Crippen LogP contribution in [0.25, 0.3) is 11.0 Å². The van der Waals surface area contributed by atoms with Crippen LogP contribution in [0.15, 0.2) is 36.4 Å². The number of imidazole rings is 1. The third-order valence-corrected chi connectivity index (χ3v) is 6.47. The first-order chi connectivity index (χ1) is 15.5. The van der Waals surface area contributed by atoms with Crippen LogP contribution in [0.2, 0.25) is 5.02 Å². The zero-order valence-electron chi connectivity index (χ0n) is 18.5. The van der Waals surface area contributed by atoms with Gasteiger partial charge in [-0.3, -0.25) is 4.79 Å². The van der Waals surface area contributed by atoms with Gasteiger partial charge in [-0.05, 0) is 55.2 Å². The summed E-state index contributed by atoms with van der Waals surface area (Å²) in [5.74, 6) is 2.51. The molecule has 2 aromatic carbocycles. The maximum Gasteiger partial charge on any atom is 0.254 e. The second-order valence-corrected chi connectivity index (χ2v) is 9.55. The lowest BCUT2D eigenvalue weighted by Gasteiger charge is -2.26. The van der Waals surface area contributed by atoms with Crippen molar-refractivity contribution in [1.29, 1.82) is 0 Å². The van der Waals surface area contributed by atoms with E-state index >= 15 is 0 Å². The fourth-order valence-electron chi connectivity index (χ4n) is 4.84. The number of amides is 1. The SMILES string of the molecule is CC(C)CN(Cc1nc2ccc(Cl)cc2n1C1CCCC1)C(=O)c1ccc2c(c1)OCO2. The van der Waals surface area contributed by atoms with Crippen molar-refractivity contribution < 1.29 is 14.3 Å². The van der Waals surface area contributed by atoms with Crippen LogP contribution in [0.5, 0.6) is 11.5 Å². The zero-order valence-corrected chi connectivity index (χ0v) is 19.3. The number of halogens is 1. The molecule has 1 amide bonds. The molecule has 2 aliphatic rings. The van der Waals surface area contributed by atoms with E-state index in [0.717, 1.165) is 29.7 Å². The fourth-order valence-corrected chi connectivity index (χ4v) is 5.01. The van der Waals surface area contributed by atoms with Gasteiger partial charge in [0.1, 0.15) is 5.82 Å². The Kier molecular flexibility index (Phi) is 5.72. The Bertz CT molecular complexity index is 1150. The summed E-state index contributed by atoms with van der Waals surface area (Å²) in [7, 11) is 0. The van der Waals surface area contributed by atoms with Gasteiger partial charge in [0.25, 0.3) is 5.91 Å². The van der Waals surface area contributed by atoms with Gasteiger partial charge in [-0.2, -0.15) is 0 Å². The van der Waals surface area contributed by atoms with Crippen molar-refractivity contribution in [1.82, 2.24) is 14.5 Å². The highest BCUT2D eigenvalue weighted by Gasteiger charge is 2.27. The molecule has 32 heavy (non-hydrogen) atoms. The molecule has 7 heteroatoms. The van der Waals surface area contributed by atoms with E-state index in [0.29, 0.717) is 47.1 Å². The van der Waals surface area contributed by atoms with Gasteiger partial charge in [0, 0.05) is 23.2 Å². The van der Waals surface area contributed by atoms with E-state index in [9.17, 15) is 4.79 Å². The molecular formula is C25H28ClN3O3. The second kappa shape index (κ2) is 8.66. The zero-order chi connectivity index (χ0) is 22.2. The molecule has 0 unspecified atom stereocenters. The molecule has 0 radical (unpaired) electrons. The minimum Gasteiger partial charge on any atom is -0.454 e. The molecule has 1 aliphatic heterocycles. The Balaban J connectivity index is 1.51. The molecule has 1 fully saturated rings. The monoisotopic (exact) mass is 453 g/mol. The number of rotatable bonds is 6. The Labute approximate surface area is 193 Å². The molecule has 0 bridgehead atoms. The Morgan fingerprint density at radius 2 is 1.94 bits per heavy atom. The molecule has 1 aliphatic carbocycles. The van der Waals surface area contributed by atoms with Crippen molar-refractivity contribution in [3.63, 3.8) is 0 Å². The van der Waals surface area contributed by atoms with Gasteiger partial charge < -0.3 is 18.9 Å². The van der Waals surface area contributed by atoms with Crippen LogP contribution in [0.3, 0.4) is 0 Å². The number of nitrogens with zero attached hydrogens (tertiary/aromatic N) is 3. The lowest BCUT2D eigenvalue weighted by molar-refractivity contribution is 0.0715. The Morgan fingerprint density at radius 1 is 1.16 bits per heavy atom. The second-order valence-electron chi connectivity index (χ2n) is 9.12. The van der Waals surface area contributed by atoms with E-state index in [2.05, 4.69) is 18.4 Å². The number of carbonyl (C=O) groups excluding carboxylic acids is 1. The van der Waals surface area contributed by atoms with E-state index in [1.54, 1.807) is 12.1 Å². The average molecular weight is 454 g/mol. The molecular weight excluding hydrogens is 426 g/mol. The molecule has 0 spiro atoms. The van der Waals surface area contributed by atoms with Crippen LogP contribution in [0.1, 0.15) is 61.8 Å². The third-order valence-electron chi connectivity index (χ3n) is 6.24. The van der Waals surface area contributed by atoms with Crippen LogP contribution in [-0.2, 0) is 6.54 Å². The summed E-state index contributed by atoms with van der Waals surface area (Å²) in [6.07, 6.45) is 4.70. The Hall–Kier alpha value is -2.73. The highest BCUT2D eigenvalue weighted by Crippen LogP contribution is 2.36. The van der Waals surface area contributed by atoms with Gasteiger partial charge in [-0.15, -0.1) is 0 Å². The summed E-state index contributed by atoms with van der Waals surface area (Å²) in [5.41, 5.74) is 2.58. The lowest BCUT2D eigenvalue weighted by atomic mass is 10.1. The standard InChI is InChI=1S/C25H28ClN3O3/c1-16(2)13-28(25(30)17-7-10-22-23(11-17)32-15-31-22)14-24-27-20-9-8-18(26)12-21(20)29(24)19-5-3-4-6-19/h7-12,16,19H,3-6,13-15H2,1-2H3. The van der Waals surface area contributed by atoms with Crippen molar-refractivity contribution in [2.24, 2.45) is 5.92 Å². The summed E-state index contributed by atoms with van der Waals surface area (Å²) in [6.45, 7) is 5.53. The third kappa shape index (κ3) is 4.04. The van der Waals surface area contributed by atoms with Crippen LogP contribution in [0.4, 0.5) is 0 Å². The molecule has 3 aromatic rings. The first kappa shape index (κ1) is 21.1. The van der Waals surface area contributed by atoms with Gasteiger partial charge in [-0.1, -0.05) is 38.3 Å². The lowest BCUT2D eigenvalue weighted by Crippen LogP contribution is -2.35. The van der Waals surface area contributed by atoms with Gasteiger partial charge in [0.05, 0.1) is 17.6 Å². The number of carbonyl (C=O) groups is 1. The first-order valence-electron chi connectivity index (χ1n) is 11.3. The highest BCUT2D eigenvalue weighted by atomic mass is 35.5. The summed E-state index contributed by atoms with van der Waals surface area (Å²) in [5, 5.41) is 0.707. The van der Waals surface area contributed by atoms with E-state index in [4.69, 9.17) is 26.1 Å². The molecule has 5 rings (SSSR count). The summed E-state index contributed by atoms with van der Waals surface area (Å²) >= 11 is 6.33. The fraction of sp³-hybridized carbons (Fsp3) is 0.440. The predicted octanol–water partition coefficient (Wildman–Crippen LogP) is 5.83. The molecule has 0 saturated heterocycles. The van der Waals surface area contributed by atoms with Crippen molar-refractivity contribution >= 4 is 28.5 Å². The summed E-state index contributed by atoms with van der Waals surface area (Å²) < 4.78 is 13.2. The van der Waals surface area contributed by atoms with Gasteiger partial charge in [0.15, 0.2) is 11.5 Å². The van der Waals surface area contributed by atoms with Gasteiger partial charge in [0.2, 0.25) is 6.79 Å². The van der Waals surface area contributed by atoms with E-state index < -0.39 is 0 Å². The number of hydrogen-bond donors (Lipinski definition) is 0. The van der Waals surface area contributed by atoms with Crippen LogP contribution in [0, 0.1) is 5.92 Å². The van der Waals surface area contributed by atoms with Gasteiger partial charge in [-0.25, -0.2) is 4.98 Å². The quantitative estimate of drug-likeness (QED) is 0.471. The number of fused-ring (bicyclic) bond motifs is 2. The van der Waals surface area contributed by atoms with Crippen LogP contribution in [-0.4, -0.2) is 33.7 Å². The highest BCUT2D eigenvalue weighted by molar-refractivity contribution is 6.31. The molecule has 168 valence electrons. The Morgan fingerprint density at radius 3 is 2.72 bits per heavy atom. The van der Waals surface area contributed by atoms with Crippen LogP contribution < -0.4 is 9.47 Å². The van der Waals surface area contributed by atoms with Gasteiger partial charge >= 0.3 is 0 Å². The first-order valence-corrected chi connectivity index (χ1v) is 11.7. The van der Waals surface area contributed by atoms with E-state index in [1.165, 1.54) is 12.8 Å². The number of ether oxygens (including phenoxy) is 2. The van der Waals surface area contributed by atoms with Crippen molar-refractivity contribution in [3.8, 4) is 11.5 Å². The maximum absolute atomic E-state index is 13.6. The largest absolute Gasteiger partial charge is 0.454 e. The molecule has 2 heterocycles. The molecule has 1 saturated carbocycles. The van der Waals surface area contributed by atoms with Crippen molar-refractivity contribution in [2.45, 2.75) is 52.1 Å². The molecule has 0 N–H and O–H groups in total. The minimum absolute atomic E-state index is 0.0277. The molecule has 1 aromatic heterocycles. The summed E-state index contributed by atoms with van der Waals surface area (Å²) in [6, 6.07) is 11.6. The number of hydrogen-bond acceptors (Lipinski definition) is 4. The van der Waals surface area contributed by atoms with Crippen molar-refractivity contribution in [2.75, 3.05) is 13.3 Å². The molecule has 0 atom stereocenters. The number of aromatic nitrogens is 2. The van der Waals surface area contributed by atoms with E-state index in [-0.39, 0.29) is 12.7 Å². The topological polar surface area (TPSA) is 56.6 Å². The predicted molar refractivity (Wildman–Crippen MR) is 124 cm³/mol. The minimum atomic E-state index is -0.0277. The molecule has 6 nitrogen and oxygen atoms in total. The van der Waals surface area contributed by atoms with Crippen molar-refractivity contribution in [3.05, 3.63) is 52.8 Å². The van der Waals surface area contributed by atoms with E-state index in [1.807, 2.05) is 29.2 Å². The normalized spacial score (nSPS) is 15.8. The number of benzene rings is 2.